The van der Waals surface area contributed by atoms with Crippen LogP contribution in [0.2, 0.25) is 0 Å². The fourth-order valence-electron chi connectivity index (χ4n) is 2.01. The van der Waals surface area contributed by atoms with Gasteiger partial charge in [0.05, 0.1) is 13.7 Å². The summed E-state index contributed by atoms with van der Waals surface area (Å²) in [5, 5.41) is 9.50. The van der Waals surface area contributed by atoms with Crippen molar-refractivity contribution in [3.8, 4) is 5.75 Å². The molecule has 0 fully saturated rings. The average molecular weight is 287 g/mol. The van der Waals surface area contributed by atoms with Gasteiger partial charge in [0.2, 0.25) is 0 Å². The van der Waals surface area contributed by atoms with Crippen LogP contribution in [0.4, 0.5) is 0 Å². The Labute approximate surface area is 106 Å². The van der Waals surface area contributed by atoms with E-state index in [1.165, 1.54) is 0 Å². The first-order valence-electron chi connectivity index (χ1n) is 5.30. The molecule has 0 aromatic heterocycles. The molecule has 0 heterocycles. The number of aliphatic hydroxyl groups is 1. The van der Waals surface area contributed by atoms with E-state index in [-0.39, 0.29) is 12.0 Å². The normalized spacial score (nSPS) is 11.7. The zero-order valence-corrected chi connectivity index (χ0v) is 12.1. The lowest BCUT2D eigenvalue weighted by Gasteiger charge is -2.28. The molecule has 0 unspecified atom stereocenters. The monoisotopic (exact) mass is 286 g/mol. The molecule has 1 aromatic rings. The Kier molecular flexibility index (Phi) is 4.02. The van der Waals surface area contributed by atoms with E-state index in [1.54, 1.807) is 7.11 Å². The van der Waals surface area contributed by atoms with Gasteiger partial charge in [-0.15, -0.1) is 0 Å². The Morgan fingerprint density at radius 3 is 2.38 bits per heavy atom. The lowest BCUT2D eigenvalue weighted by Crippen LogP contribution is -2.24. The maximum atomic E-state index is 9.50. The quantitative estimate of drug-likeness (QED) is 0.924. The summed E-state index contributed by atoms with van der Waals surface area (Å²) < 4.78 is 6.53. The highest BCUT2D eigenvalue weighted by atomic mass is 79.9. The van der Waals surface area contributed by atoms with E-state index in [0.717, 1.165) is 26.9 Å². The molecule has 0 bridgehead atoms. The van der Waals surface area contributed by atoms with Gasteiger partial charge in [-0.1, -0.05) is 29.8 Å². The van der Waals surface area contributed by atoms with Crippen LogP contribution in [0.25, 0.3) is 0 Å². The highest BCUT2D eigenvalue weighted by molar-refractivity contribution is 9.10. The maximum absolute atomic E-state index is 9.50. The molecule has 0 radical (unpaired) electrons. The minimum absolute atomic E-state index is 0.0973. The van der Waals surface area contributed by atoms with Crippen molar-refractivity contribution >= 4 is 15.9 Å². The molecular weight excluding hydrogens is 268 g/mol. The van der Waals surface area contributed by atoms with E-state index in [4.69, 9.17) is 4.74 Å². The number of rotatable bonds is 3. The molecule has 16 heavy (non-hydrogen) atoms. The van der Waals surface area contributed by atoms with Crippen molar-refractivity contribution in [3.63, 3.8) is 0 Å². The number of hydrogen-bond donors (Lipinski definition) is 1. The molecule has 1 aromatic carbocycles. The van der Waals surface area contributed by atoms with Gasteiger partial charge in [-0.25, -0.2) is 0 Å². The zero-order valence-electron chi connectivity index (χ0n) is 10.5. The summed E-state index contributed by atoms with van der Waals surface area (Å²) in [4.78, 5) is 0. The fourth-order valence-corrected chi connectivity index (χ4v) is 2.55. The Morgan fingerprint density at radius 2 is 1.94 bits per heavy atom. The second-order valence-corrected chi connectivity index (χ2v) is 5.60. The molecule has 0 saturated carbocycles. The predicted octanol–water partition coefficient (Wildman–Crippen LogP) is 3.34. The molecule has 2 nitrogen and oxygen atoms in total. The summed E-state index contributed by atoms with van der Waals surface area (Å²) in [6.07, 6.45) is 0. The Bertz CT molecular complexity index is 397. The fraction of sp³-hybridized carbons (Fsp3) is 0.538. The molecule has 0 aliphatic carbocycles. The largest absolute Gasteiger partial charge is 0.496 e. The van der Waals surface area contributed by atoms with E-state index >= 15 is 0 Å². The molecule has 0 amide bonds. The number of benzene rings is 1. The summed E-state index contributed by atoms with van der Waals surface area (Å²) in [5.41, 5.74) is 2.98. The predicted molar refractivity (Wildman–Crippen MR) is 70.3 cm³/mol. The third-order valence-corrected chi connectivity index (χ3v) is 3.76. The van der Waals surface area contributed by atoms with Crippen molar-refractivity contribution in [2.24, 2.45) is 0 Å². The second kappa shape index (κ2) is 4.76. The summed E-state index contributed by atoms with van der Waals surface area (Å²) in [6.45, 7) is 8.19. The van der Waals surface area contributed by atoms with E-state index < -0.39 is 0 Å². The summed E-state index contributed by atoms with van der Waals surface area (Å²) in [7, 11) is 1.67. The number of methoxy groups -OCH3 is 1. The van der Waals surface area contributed by atoms with Crippen LogP contribution in [0, 0.1) is 13.8 Å². The Hall–Kier alpha value is -0.540. The molecule has 1 N–H and O–H groups in total. The van der Waals surface area contributed by atoms with Crippen molar-refractivity contribution in [1.29, 1.82) is 0 Å². The molecular formula is C13H19BrO2. The van der Waals surface area contributed by atoms with Crippen LogP contribution in [0.1, 0.15) is 30.5 Å². The highest BCUT2D eigenvalue weighted by Gasteiger charge is 2.27. The summed E-state index contributed by atoms with van der Waals surface area (Å²) in [5.74, 6) is 0.875. The number of aliphatic hydroxyl groups excluding tert-OH is 1. The van der Waals surface area contributed by atoms with Crippen LogP contribution in [0.5, 0.6) is 5.75 Å². The maximum Gasteiger partial charge on any atom is 0.125 e. The van der Waals surface area contributed by atoms with Crippen LogP contribution >= 0.6 is 15.9 Å². The van der Waals surface area contributed by atoms with Crippen LogP contribution in [-0.4, -0.2) is 18.8 Å². The third kappa shape index (κ3) is 2.25. The van der Waals surface area contributed by atoms with E-state index in [1.807, 2.05) is 33.8 Å². The average Bonchev–Trinajstić information content (AvgIpc) is 2.22. The lowest BCUT2D eigenvalue weighted by molar-refractivity contribution is 0.214. The Morgan fingerprint density at radius 1 is 1.38 bits per heavy atom. The number of hydrogen-bond acceptors (Lipinski definition) is 2. The van der Waals surface area contributed by atoms with Crippen LogP contribution in [0.3, 0.4) is 0 Å². The van der Waals surface area contributed by atoms with E-state index in [0.29, 0.717) is 0 Å². The van der Waals surface area contributed by atoms with E-state index in [2.05, 4.69) is 15.9 Å². The van der Waals surface area contributed by atoms with Crippen LogP contribution < -0.4 is 4.74 Å². The van der Waals surface area contributed by atoms with Gasteiger partial charge in [0, 0.05) is 15.5 Å². The molecule has 90 valence electrons. The molecule has 0 aliphatic heterocycles. The van der Waals surface area contributed by atoms with Crippen LogP contribution in [0.15, 0.2) is 10.5 Å². The zero-order chi connectivity index (χ0) is 12.5. The molecule has 0 spiro atoms. The topological polar surface area (TPSA) is 29.5 Å². The first kappa shape index (κ1) is 13.5. The lowest BCUT2D eigenvalue weighted by atomic mass is 9.81. The van der Waals surface area contributed by atoms with Gasteiger partial charge < -0.3 is 9.84 Å². The van der Waals surface area contributed by atoms with Gasteiger partial charge in [-0.2, -0.15) is 0 Å². The van der Waals surface area contributed by atoms with Crippen molar-refractivity contribution in [2.75, 3.05) is 13.7 Å². The standard InChI is InChI=1S/C13H19BrO2/c1-8-6-10(14)9(2)11(12(8)16-5)13(3,4)7-15/h6,15H,7H2,1-5H3. The first-order valence-corrected chi connectivity index (χ1v) is 6.09. The van der Waals surface area contributed by atoms with Crippen molar-refractivity contribution in [3.05, 3.63) is 27.2 Å². The third-order valence-electron chi connectivity index (χ3n) is 2.94. The van der Waals surface area contributed by atoms with Crippen molar-refractivity contribution < 1.29 is 9.84 Å². The van der Waals surface area contributed by atoms with Crippen molar-refractivity contribution in [2.45, 2.75) is 33.1 Å². The van der Waals surface area contributed by atoms with Gasteiger partial charge in [0.15, 0.2) is 0 Å². The molecule has 0 saturated heterocycles. The first-order chi connectivity index (χ1) is 7.35. The molecule has 1 rings (SSSR count). The second-order valence-electron chi connectivity index (χ2n) is 4.75. The van der Waals surface area contributed by atoms with Gasteiger partial charge in [0.25, 0.3) is 0 Å². The number of ether oxygens (including phenoxy) is 1. The van der Waals surface area contributed by atoms with Crippen LogP contribution in [-0.2, 0) is 5.41 Å². The smallest absolute Gasteiger partial charge is 0.125 e. The van der Waals surface area contributed by atoms with Gasteiger partial charge >= 0.3 is 0 Å². The number of aryl methyl sites for hydroxylation is 1. The number of halogens is 1. The highest BCUT2D eigenvalue weighted by Crippen LogP contribution is 2.39. The summed E-state index contributed by atoms with van der Waals surface area (Å²) in [6, 6.07) is 2.05. The molecule has 0 atom stereocenters. The SMILES string of the molecule is COc1c(C)cc(Br)c(C)c1C(C)(C)CO. The Balaban J connectivity index is 3.57. The minimum Gasteiger partial charge on any atom is -0.496 e. The van der Waals surface area contributed by atoms with E-state index in [9.17, 15) is 5.11 Å². The van der Waals surface area contributed by atoms with Gasteiger partial charge in [0.1, 0.15) is 5.75 Å². The minimum atomic E-state index is -0.302. The van der Waals surface area contributed by atoms with Crippen molar-refractivity contribution in [1.82, 2.24) is 0 Å². The molecule has 0 aliphatic rings. The molecule has 3 heteroatoms. The van der Waals surface area contributed by atoms with Gasteiger partial charge in [-0.05, 0) is 31.0 Å². The van der Waals surface area contributed by atoms with Gasteiger partial charge in [-0.3, -0.25) is 0 Å². The summed E-state index contributed by atoms with van der Waals surface area (Å²) >= 11 is 3.54.